The molecular weight excluding hydrogens is 486 g/mol. The summed E-state index contributed by atoms with van der Waals surface area (Å²) in [5, 5.41) is 2.93. The summed E-state index contributed by atoms with van der Waals surface area (Å²) in [7, 11) is 0. The topological polar surface area (TPSA) is 88.8 Å². The van der Waals surface area contributed by atoms with E-state index in [2.05, 4.69) is 22.5 Å². The maximum absolute atomic E-state index is 12.5. The number of hydrogen-bond acceptors (Lipinski definition) is 6. The van der Waals surface area contributed by atoms with Crippen LogP contribution in [0, 0.1) is 6.92 Å². The van der Waals surface area contributed by atoms with E-state index in [4.69, 9.17) is 21.3 Å². The van der Waals surface area contributed by atoms with Gasteiger partial charge in [-0.2, -0.15) is 0 Å². The van der Waals surface area contributed by atoms with Crippen LogP contribution in [0.4, 0.5) is 5.69 Å². The van der Waals surface area contributed by atoms with Crippen molar-refractivity contribution in [1.82, 2.24) is 14.9 Å². The molecule has 2 aliphatic heterocycles. The van der Waals surface area contributed by atoms with Crippen LogP contribution in [0.3, 0.4) is 0 Å². The highest BCUT2D eigenvalue weighted by Crippen LogP contribution is 2.28. The van der Waals surface area contributed by atoms with E-state index in [9.17, 15) is 9.59 Å². The van der Waals surface area contributed by atoms with Gasteiger partial charge in [-0.25, -0.2) is 4.98 Å². The Bertz CT molecular complexity index is 1330. The van der Waals surface area contributed by atoms with Crippen LogP contribution in [-0.2, 0) is 16.1 Å². The fourth-order valence-corrected chi connectivity index (χ4v) is 5.17. The second-order valence-electron chi connectivity index (χ2n) is 8.32. The summed E-state index contributed by atoms with van der Waals surface area (Å²) in [6.07, 6.45) is 7.73. The number of imidazole rings is 1. The molecule has 3 aromatic rings. The third-order valence-corrected chi connectivity index (χ3v) is 7.14. The van der Waals surface area contributed by atoms with Gasteiger partial charge < -0.3 is 19.5 Å². The van der Waals surface area contributed by atoms with Crippen LogP contribution in [-0.4, -0.2) is 53.9 Å². The van der Waals surface area contributed by atoms with Crippen molar-refractivity contribution in [3.05, 3.63) is 75.0 Å². The minimum Gasteiger partial charge on any atom is -0.370 e. The standard InChI is InChI=1S/C25H24ClN5O3S/c1-16-11-19(4-5-20(16)30-9-10-34-15-23(30)32)31-14-18(29-24(31)17-3-2-8-27-12-17)13-28-25(33)21-6-7-22(26)35-21/h2-8,11,14,17H,9-10,12-13,15H2,1H3,(H,28,33). The van der Waals surface area contributed by atoms with E-state index in [0.29, 0.717) is 28.9 Å². The number of aryl methyl sites for hydroxylation is 1. The highest BCUT2D eigenvalue weighted by molar-refractivity contribution is 7.18. The molecule has 0 aliphatic carbocycles. The number of anilines is 1. The molecule has 5 rings (SSSR count). The predicted molar refractivity (Wildman–Crippen MR) is 137 cm³/mol. The molecule has 2 amide bonds. The SMILES string of the molecule is Cc1cc(-n2cc(CNC(=O)c3ccc(Cl)s3)nc2C2C=CC=NC2)ccc1N1CCOCC1=O. The highest BCUT2D eigenvalue weighted by atomic mass is 35.5. The van der Waals surface area contributed by atoms with Crippen LogP contribution in [0.25, 0.3) is 5.69 Å². The van der Waals surface area contributed by atoms with Crippen molar-refractivity contribution >= 4 is 46.7 Å². The molecule has 0 radical (unpaired) electrons. The Hall–Kier alpha value is -3.27. The molecule has 35 heavy (non-hydrogen) atoms. The summed E-state index contributed by atoms with van der Waals surface area (Å²) in [6, 6.07) is 9.42. The first kappa shape index (κ1) is 23.5. The predicted octanol–water partition coefficient (Wildman–Crippen LogP) is 3.91. The average Bonchev–Trinajstić information content (AvgIpc) is 3.50. The number of allylic oxidation sites excluding steroid dienone is 1. The molecule has 1 atom stereocenters. The number of dihydropyridines is 1. The number of ether oxygens (including phenoxy) is 1. The minimum atomic E-state index is -0.185. The number of thiophene rings is 1. The Morgan fingerprint density at radius 1 is 1.31 bits per heavy atom. The number of amides is 2. The van der Waals surface area contributed by atoms with Crippen molar-refractivity contribution in [3.8, 4) is 5.69 Å². The Morgan fingerprint density at radius 2 is 2.20 bits per heavy atom. The first-order chi connectivity index (χ1) is 17.0. The molecule has 0 bridgehead atoms. The molecule has 0 spiro atoms. The first-order valence-corrected chi connectivity index (χ1v) is 12.5. The lowest BCUT2D eigenvalue weighted by Gasteiger charge is -2.28. The van der Waals surface area contributed by atoms with Crippen LogP contribution >= 0.6 is 22.9 Å². The maximum atomic E-state index is 12.5. The summed E-state index contributed by atoms with van der Waals surface area (Å²) >= 11 is 7.20. The number of rotatable bonds is 6. The van der Waals surface area contributed by atoms with E-state index in [0.717, 1.165) is 28.5 Å². The van der Waals surface area contributed by atoms with Crippen LogP contribution in [0.2, 0.25) is 4.34 Å². The Labute approximate surface area is 211 Å². The molecule has 1 saturated heterocycles. The molecule has 1 N–H and O–H groups in total. The smallest absolute Gasteiger partial charge is 0.261 e. The van der Waals surface area contributed by atoms with Crippen molar-refractivity contribution in [1.29, 1.82) is 0 Å². The van der Waals surface area contributed by atoms with E-state index in [1.807, 2.05) is 35.9 Å². The number of nitrogens with zero attached hydrogens (tertiary/aromatic N) is 4. The van der Waals surface area contributed by atoms with Gasteiger partial charge in [0.1, 0.15) is 12.4 Å². The van der Waals surface area contributed by atoms with Gasteiger partial charge in [0, 0.05) is 30.3 Å². The number of halogens is 1. The van der Waals surface area contributed by atoms with Gasteiger partial charge in [-0.1, -0.05) is 17.7 Å². The molecule has 0 saturated carbocycles. The second-order valence-corrected chi connectivity index (χ2v) is 10.0. The maximum Gasteiger partial charge on any atom is 0.261 e. The zero-order chi connectivity index (χ0) is 24.4. The molecule has 1 fully saturated rings. The Morgan fingerprint density at radius 3 is 2.91 bits per heavy atom. The first-order valence-electron chi connectivity index (χ1n) is 11.3. The third-order valence-electron chi connectivity index (χ3n) is 5.91. The van der Waals surface area contributed by atoms with Gasteiger partial charge in [0.2, 0.25) is 0 Å². The minimum absolute atomic E-state index is 0.0151. The number of benzene rings is 1. The quantitative estimate of drug-likeness (QED) is 0.545. The lowest BCUT2D eigenvalue weighted by atomic mass is 10.1. The van der Waals surface area contributed by atoms with Gasteiger partial charge in [0.05, 0.1) is 40.5 Å². The lowest BCUT2D eigenvalue weighted by Crippen LogP contribution is -2.42. The zero-order valence-electron chi connectivity index (χ0n) is 19.1. The summed E-state index contributed by atoms with van der Waals surface area (Å²) in [4.78, 5) is 36.4. The average molecular weight is 510 g/mol. The van der Waals surface area contributed by atoms with Gasteiger partial charge in [-0.05, 0) is 48.9 Å². The van der Waals surface area contributed by atoms with Crippen molar-refractivity contribution in [3.63, 3.8) is 0 Å². The molecule has 1 unspecified atom stereocenters. The number of carbonyl (C=O) groups is 2. The van der Waals surface area contributed by atoms with Crippen molar-refractivity contribution in [2.45, 2.75) is 19.4 Å². The monoisotopic (exact) mass is 509 g/mol. The van der Waals surface area contributed by atoms with Gasteiger partial charge in [-0.3, -0.25) is 14.6 Å². The number of aromatic nitrogens is 2. The van der Waals surface area contributed by atoms with Gasteiger partial charge in [0.25, 0.3) is 11.8 Å². The van der Waals surface area contributed by atoms with Crippen LogP contribution < -0.4 is 10.2 Å². The van der Waals surface area contributed by atoms with Gasteiger partial charge in [0.15, 0.2) is 0 Å². The summed E-state index contributed by atoms with van der Waals surface area (Å²) < 4.78 is 7.88. The molecule has 2 aromatic heterocycles. The Balaban J connectivity index is 1.43. The molecule has 1 aromatic carbocycles. The van der Waals surface area contributed by atoms with Gasteiger partial charge in [-0.15, -0.1) is 11.3 Å². The second kappa shape index (κ2) is 10.2. The molecule has 4 heterocycles. The van der Waals surface area contributed by atoms with E-state index in [1.165, 1.54) is 11.3 Å². The largest absolute Gasteiger partial charge is 0.370 e. The normalized spacial score (nSPS) is 17.7. The number of aliphatic imine (C=N–C) groups is 1. The number of hydrogen-bond donors (Lipinski definition) is 1. The third kappa shape index (κ3) is 5.07. The van der Waals surface area contributed by atoms with Crippen molar-refractivity contribution in [2.75, 3.05) is 31.2 Å². The van der Waals surface area contributed by atoms with Gasteiger partial charge >= 0.3 is 0 Å². The van der Waals surface area contributed by atoms with E-state index < -0.39 is 0 Å². The Kier molecular flexibility index (Phi) is 6.81. The zero-order valence-corrected chi connectivity index (χ0v) is 20.7. The fraction of sp³-hybridized carbons (Fsp3) is 0.280. The summed E-state index contributed by atoms with van der Waals surface area (Å²) in [5.74, 6) is 0.638. The highest BCUT2D eigenvalue weighted by Gasteiger charge is 2.23. The lowest BCUT2D eigenvalue weighted by molar-refractivity contribution is -0.125. The van der Waals surface area contributed by atoms with Crippen LogP contribution in [0.1, 0.15) is 32.7 Å². The van der Waals surface area contributed by atoms with Crippen molar-refractivity contribution in [2.24, 2.45) is 4.99 Å². The number of nitrogens with one attached hydrogen (secondary N) is 1. The number of morpholine rings is 1. The summed E-state index contributed by atoms with van der Waals surface area (Å²) in [6.45, 7) is 4.06. The molecule has 10 heteroatoms. The van der Waals surface area contributed by atoms with E-state index in [-0.39, 0.29) is 30.9 Å². The summed E-state index contributed by atoms with van der Waals surface area (Å²) in [5.41, 5.74) is 3.54. The van der Waals surface area contributed by atoms with E-state index in [1.54, 1.807) is 23.2 Å². The van der Waals surface area contributed by atoms with Crippen LogP contribution in [0.15, 0.2) is 53.7 Å². The molecular formula is C25H24ClN5O3S. The fourth-order valence-electron chi connectivity index (χ4n) is 4.21. The molecule has 2 aliphatic rings. The van der Waals surface area contributed by atoms with E-state index >= 15 is 0 Å². The molecule has 8 nitrogen and oxygen atoms in total. The van der Waals surface area contributed by atoms with Crippen molar-refractivity contribution < 1.29 is 14.3 Å². The van der Waals surface area contributed by atoms with Crippen LogP contribution in [0.5, 0.6) is 0 Å². The molecule has 180 valence electrons. The number of carbonyl (C=O) groups excluding carboxylic acids is 2.